The Morgan fingerprint density at radius 3 is 2.56 bits per heavy atom. The Kier molecular flexibility index (Phi) is 2.92. The molecule has 16 heavy (non-hydrogen) atoms. The van der Waals surface area contributed by atoms with Gasteiger partial charge in [-0.2, -0.15) is 11.8 Å². The zero-order chi connectivity index (χ0) is 11.9. The third-order valence-electron chi connectivity index (χ3n) is 2.77. The van der Waals surface area contributed by atoms with Gasteiger partial charge in [-0.3, -0.25) is 0 Å². The third kappa shape index (κ3) is 1.82. The van der Waals surface area contributed by atoms with Gasteiger partial charge in [0.25, 0.3) is 0 Å². The van der Waals surface area contributed by atoms with Crippen LogP contribution in [0.4, 0.5) is 13.2 Å². The third-order valence-corrected chi connectivity index (χ3v) is 4.15. The van der Waals surface area contributed by atoms with Crippen molar-refractivity contribution in [1.29, 1.82) is 0 Å². The molecule has 1 nitrogen and oxygen atoms in total. The van der Waals surface area contributed by atoms with E-state index in [4.69, 9.17) is 0 Å². The highest BCUT2D eigenvalue weighted by Gasteiger charge is 2.40. The number of halogens is 3. The van der Waals surface area contributed by atoms with Gasteiger partial charge in [-0.25, -0.2) is 13.2 Å². The van der Waals surface area contributed by atoms with E-state index in [9.17, 15) is 18.3 Å². The Hall–Kier alpha value is -0.680. The summed E-state index contributed by atoms with van der Waals surface area (Å²) in [4.78, 5) is 0. The van der Waals surface area contributed by atoms with Crippen molar-refractivity contribution in [3.63, 3.8) is 0 Å². The lowest BCUT2D eigenvalue weighted by molar-refractivity contribution is 0.0564. The minimum atomic E-state index is -1.52. The number of hydrogen-bond donors (Lipinski definition) is 1. The minimum Gasteiger partial charge on any atom is -0.384 e. The Balaban J connectivity index is 2.45. The lowest BCUT2D eigenvalue weighted by Crippen LogP contribution is -2.27. The quantitative estimate of drug-likeness (QED) is 0.771. The number of aliphatic hydroxyl groups is 1. The van der Waals surface area contributed by atoms with E-state index in [0.717, 1.165) is 12.1 Å². The van der Waals surface area contributed by atoms with Gasteiger partial charge in [0.1, 0.15) is 5.60 Å². The molecule has 1 aromatic rings. The van der Waals surface area contributed by atoms with Crippen molar-refractivity contribution < 1.29 is 18.3 Å². The van der Waals surface area contributed by atoms with Gasteiger partial charge in [0.15, 0.2) is 17.5 Å². The first-order chi connectivity index (χ1) is 7.44. The van der Waals surface area contributed by atoms with E-state index in [1.807, 2.05) is 6.92 Å². The summed E-state index contributed by atoms with van der Waals surface area (Å²) in [6, 6.07) is 1.96. The summed E-state index contributed by atoms with van der Waals surface area (Å²) in [6.45, 7) is 1.90. The number of rotatable bonds is 1. The minimum absolute atomic E-state index is 0.150. The Bertz CT molecular complexity index is 424. The van der Waals surface area contributed by atoms with Crippen molar-refractivity contribution in [2.45, 2.75) is 24.2 Å². The molecule has 0 aliphatic carbocycles. The molecular weight excluding hydrogens is 237 g/mol. The van der Waals surface area contributed by atoms with Crippen molar-refractivity contribution in [2.24, 2.45) is 0 Å². The molecule has 5 heteroatoms. The molecule has 0 bridgehead atoms. The van der Waals surface area contributed by atoms with Crippen LogP contribution in [0.15, 0.2) is 12.1 Å². The van der Waals surface area contributed by atoms with Crippen LogP contribution in [0.3, 0.4) is 0 Å². The van der Waals surface area contributed by atoms with Crippen molar-refractivity contribution >= 4 is 11.8 Å². The highest BCUT2D eigenvalue weighted by atomic mass is 32.2. The predicted molar refractivity (Wildman–Crippen MR) is 56.7 cm³/mol. The maximum absolute atomic E-state index is 13.5. The molecule has 0 aromatic heterocycles. The lowest BCUT2D eigenvalue weighted by atomic mass is 9.91. The van der Waals surface area contributed by atoms with Gasteiger partial charge in [0, 0.05) is 16.6 Å². The monoisotopic (exact) mass is 248 g/mol. The normalized spacial score (nSPS) is 29.7. The molecule has 88 valence electrons. The molecule has 1 fully saturated rings. The van der Waals surface area contributed by atoms with Crippen molar-refractivity contribution in [3.05, 3.63) is 35.1 Å². The lowest BCUT2D eigenvalue weighted by Gasteiger charge is -2.22. The fourth-order valence-electron chi connectivity index (χ4n) is 1.95. The second-order valence-corrected chi connectivity index (χ2v) is 5.51. The molecule has 0 spiro atoms. The van der Waals surface area contributed by atoms with Crippen LogP contribution in [-0.4, -0.2) is 16.1 Å². The molecule has 1 aromatic carbocycles. The fourth-order valence-corrected chi connectivity index (χ4v) is 3.17. The molecule has 1 heterocycles. The highest BCUT2D eigenvalue weighted by molar-refractivity contribution is 8.00. The van der Waals surface area contributed by atoms with Gasteiger partial charge in [-0.1, -0.05) is 13.0 Å². The topological polar surface area (TPSA) is 20.2 Å². The van der Waals surface area contributed by atoms with Crippen LogP contribution in [-0.2, 0) is 5.60 Å². The summed E-state index contributed by atoms with van der Waals surface area (Å²) in [6.07, 6.45) is 0.347. The van der Waals surface area contributed by atoms with E-state index in [1.165, 1.54) is 11.8 Å². The Labute approximate surface area is 95.7 Å². The molecule has 2 atom stereocenters. The standard InChI is InChI=1S/C11H11F3OS/c1-6-4-11(15,5-16-6)7-2-3-8(12)10(14)9(7)13/h2-3,6,15H,4-5H2,1H3. The van der Waals surface area contributed by atoms with E-state index >= 15 is 0 Å². The number of benzene rings is 1. The molecule has 2 rings (SSSR count). The summed E-state index contributed by atoms with van der Waals surface area (Å²) in [7, 11) is 0. The first kappa shape index (κ1) is 11.8. The van der Waals surface area contributed by atoms with E-state index < -0.39 is 23.1 Å². The van der Waals surface area contributed by atoms with Gasteiger partial charge in [-0.05, 0) is 12.5 Å². The van der Waals surface area contributed by atoms with Gasteiger partial charge >= 0.3 is 0 Å². The first-order valence-corrected chi connectivity index (χ1v) is 5.97. The van der Waals surface area contributed by atoms with Crippen LogP contribution in [0, 0.1) is 17.5 Å². The van der Waals surface area contributed by atoms with Crippen LogP contribution >= 0.6 is 11.8 Å². The summed E-state index contributed by atoms with van der Waals surface area (Å²) < 4.78 is 39.3. The second kappa shape index (κ2) is 3.96. The van der Waals surface area contributed by atoms with Crippen molar-refractivity contribution in [2.75, 3.05) is 5.75 Å². The smallest absolute Gasteiger partial charge is 0.194 e. The van der Waals surface area contributed by atoms with Gasteiger partial charge in [0.2, 0.25) is 0 Å². The molecule has 1 aliphatic heterocycles. The van der Waals surface area contributed by atoms with E-state index in [1.54, 1.807) is 0 Å². The van der Waals surface area contributed by atoms with Gasteiger partial charge in [-0.15, -0.1) is 0 Å². The molecule has 1 saturated heterocycles. The van der Waals surface area contributed by atoms with E-state index in [2.05, 4.69) is 0 Å². The van der Waals surface area contributed by atoms with E-state index in [0.29, 0.717) is 12.2 Å². The Morgan fingerprint density at radius 1 is 1.31 bits per heavy atom. The number of thioether (sulfide) groups is 1. The highest BCUT2D eigenvalue weighted by Crippen LogP contribution is 2.42. The molecule has 0 radical (unpaired) electrons. The molecule has 1 N–H and O–H groups in total. The van der Waals surface area contributed by atoms with Crippen molar-refractivity contribution in [3.8, 4) is 0 Å². The van der Waals surface area contributed by atoms with Gasteiger partial charge in [0.05, 0.1) is 0 Å². The summed E-state index contributed by atoms with van der Waals surface area (Å²) in [5.41, 5.74) is -1.54. The fraction of sp³-hybridized carbons (Fsp3) is 0.455. The van der Waals surface area contributed by atoms with Crippen LogP contribution in [0.1, 0.15) is 18.9 Å². The van der Waals surface area contributed by atoms with Crippen LogP contribution in [0.25, 0.3) is 0 Å². The molecule has 0 amide bonds. The SMILES string of the molecule is CC1CC(O)(c2ccc(F)c(F)c2F)CS1. The maximum Gasteiger partial charge on any atom is 0.194 e. The average molecular weight is 248 g/mol. The summed E-state index contributed by atoms with van der Waals surface area (Å²) >= 11 is 1.48. The Morgan fingerprint density at radius 2 is 2.00 bits per heavy atom. The summed E-state index contributed by atoms with van der Waals surface area (Å²) in [5, 5.41) is 10.4. The average Bonchev–Trinajstić information content (AvgIpc) is 2.56. The molecular formula is C11H11F3OS. The van der Waals surface area contributed by atoms with E-state index in [-0.39, 0.29) is 10.8 Å². The largest absolute Gasteiger partial charge is 0.384 e. The zero-order valence-electron chi connectivity index (χ0n) is 8.64. The maximum atomic E-state index is 13.5. The number of hydrogen-bond acceptors (Lipinski definition) is 2. The van der Waals surface area contributed by atoms with Crippen LogP contribution < -0.4 is 0 Å². The van der Waals surface area contributed by atoms with Crippen LogP contribution in [0.2, 0.25) is 0 Å². The first-order valence-electron chi connectivity index (χ1n) is 4.92. The van der Waals surface area contributed by atoms with Gasteiger partial charge < -0.3 is 5.11 Å². The zero-order valence-corrected chi connectivity index (χ0v) is 9.45. The van der Waals surface area contributed by atoms with Crippen molar-refractivity contribution in [1.82, 2.24) is 0 Å². The molecule has 2 unspecified atom stereocenters. The second-order valence-electron chi connectivity index (χ2n) is 4.08. The summed E-state index contributed by atoms with van der Waals surface area (Å²) in [5.74, 6) is -3.73. The van der Waals surface area contributed by atoms with Crippen LogP contribution in [0.5, 0.6) is 0 Å². The molecule has 0 saturated carbocycles. The predicted octanol–water partition coefficient (Wildman–Crippen LogP) is 2.82. The molecule has 1 aliphatic rings.